The molecule has 0 aromatic heterocycles. The Kier molecular flexibility index (Phi) is 4.59. The van der Waals surface area contributed by atoms with Crippen LogP contribution in [0.1, 0.15) is 50.4 Å². The molecule has 2 aromatic rings. The van der Waals surface area contributed by atoms with E-state index in [0.717, 1.165) is 17.0 Å². The molecule has 2 aromatic carbocycles. The second kappa shape index (κ2) is 8.43. The third kappa shape index (κ3) is 4.14. The average Bonchev–Trinajstić information content (AvgIpc) is 3.17. The number of halogens is 3. The lowest BCUT2D eigenvalue weighted by molar-refractivity contribution is -0.144. The number of Topliss-reactive ketones (excluding diaryl/α,β-unsaturated/α-hetero) is 1. The number of alkyl halides is 2. The van der Waals surface area contributed by atoms with Crippen molar-refractivity contribution in [2.24, 2.45) is 0 Å². The molecule has 2 heterocycles. The highest BCUT2D eigenvalue weighted by Crippen LogP contribution is 2.32. The van der Waals surface area contributed by atoms with Crippen LogP contribution < -0.4 is 5.31 Å². The van der Waals surface area contributed by atoms with Gasteiger partial charge in [0.2, 0.25) is 17.6 Å². The van der Waals surface area contributed by atoms with E-state index < -0.39 is 66.6 Å². The Hall–Kier alpha value is -3.13. The number of carbonyl (C=O) groups excluding carboxylic acids is 4. The first-order chi connectivity index (χ1) is 16.8. The fourth-order valence-electron chi connectivity index (χ4n) is 3.58. The molecule has 4 atom stereocenters. The Balaban J connectivity index is 1.52. The zero-order valence-corrected chi connectivity index (χ0v) is 17.2. The van der Waals surface area contributed by atoms with Crippen LogP contribution in [0.15, 0.2) is 42.5 Å². The Morgan fingerprint density at radius 2 is 1.97 bits per heavy atom. The summed E-state index contributed by atoms with van der Waals surface area (Å²) in [6.45, 7) is -0.204. The minimum atomic E-state index is -3.83. The van der Waals surface area contributed by atoms with Gasteiger partial charge in [-0.15, -0.1) is 0 Å². The Bertz CT molecular complexity index is 1260. The standard InChI is InChI=1S/C23H19ClF2N2O4/c24-16-5-3-15(4-6-16)23(25,26)19(29)9-2-13-1-7-17-14(11-13)12-28(22(17)32)18-8-10-20(30)27-21(18)31/h1,3-7,11,18H,2,8-10,12H2,(H,27,30,31)/i2D,8D,10D/hD. The van der Waals surface area contributed by atoms with E-state index >= 15 is 0 Å². The number of hydrogen-bond donors (Lipinski definition) is 1. The smallest absolute Gasteiger partial charge is 0.322 e. The maximum atomic E-state index is 14.6. The fraction of sp³-hybridized carbons (Fsp3) is 0.304. The number of carbonyl (C=O) groups is 4. The van der Waals surface area contributed by atoms with Gasteiger partial charge in [-0.1, -0.05) is 35.9 Å². The molecule has 3 amide bonds. The number of nitrogens with zero attached hydrogens (tertiary/aromatic N) is 1. The molecule has 1 fully saturated rings. The van der Waals surface area contributed by atoms with E-state index in [1.807, 2.05) is 0 Å². The third-order valence-corrected chi connectivity index (χ3v) is 5.52. The van der Waals surface area contributed by atoms with Gasteiger partial charge < -0.3 is 4.90 Å². The Labute approximate surface area is 193 Å². The zero-order valence-electron chi connectivity index (χ0n) is 20.4. The number of fused-ring (bicyclic) bond motifs is 1. The minimum absolute atomic E-state index is 0.0125. The molecule has 166 valence electrons. The average molecular weight is 465 g/mol. The van der Waals surface area contributed by atoms with Gasteiger partial charge in [-0.05, 0) is 42.1 Å². The van der Waals surface area contributed by atoms with Gasteiger partial charge in [-0.3, -0.25) is 24.5 Å². The van der Waals surface area contributed by atoms with E-state index in [9.17, 15) is 28.0 Å². The number of aryl methyl sites for hydroxylation is 1. The summed E-state index contributed by atoms with van der Waals surface area (Å²) in [7, 11) is 0. The number of imide groups is 1. The molecule has 4 unspecified atom stereocenters. The Morgan fingerprint density at radius 1 is 1.25 bits per heavy atom. The summed E-state index contributed by atoms with van der Waals surface area (Å²) in [5.74, 6) is -8.20. The number of hydrogen-bond acceptors (Lipinski definition) is 4. The summed E-state index contributed by atoms with van der Waals surface area (Å²) in [5, 5.41) is 0.218. The third-order valence-electron chi connectivity index (χ3n) is 5.27. The van der Waals surface area contributed by atoms with E-state index in [-0.39, 0.29) is 28.0 Å². The molecular formula is C23H19ClF2N2O4. The van der Waals surface area contributed by atoms with Gasteiger partial charge >= 0.3 is 5.92 Å². The number of rotatable bonds is 6. The van der Waals surface area contributed by atoms with Crippen molar-refractivity contribution < 1.29 is 33.5 Å². The zero-order chi connectivity index (χ0) is 26.5. The highest BCUT2D eigenvalue weighted by molar-refractivity contribution is 6.30. The largest absolute Gasteiger partial charge is 0.330 e. The van der Waals surface area contributed by atoms with Crippen LogP contribution in [0.4, 0.5) is 8.78 Å². The van der Waals surface area contributed by atoms with Crippen LogP contribution in [0.25, 0.3) is 0 Å². The molecule has 0 bridgehead atoms. The van der Waals surface area contributed by atoms with Crippen molar-refractivity contribution in [3.63, 3.8) is 0 Å². The first-order valence-corrected chi connectivity index (χ1v) is 9.96. The molecule has 6 nitrogen and oxygen atoms in total. The normalized spacial score (nSPS) is 26.2. The monoisotopic (exact) mass is 464 g/mol. The molecule has 1 N–H and O–H groups in total. The van der Waals surface area contributed by atoms with Crippen LogP contribution in [-0.2, 0) is 33.2 Å². The topological polar surface area (TPSA) is 83.6 Å². The van der Waals surface area contributed by atoms with Crippen molar-refractivity contribution in [2.75, 3.05) is 0 Å². The number of piperidine rings is 1. The lowest BCUT2D eigenvalue weighted by atomic mass is 9.97. The second-order valence-electron chi connectivity index (χ2n) is 7.35. The van der Waals surface area contributed by atoms with Gasteiger partial charge in [0, 0.05) is 39.6 Å². The molecule has 2 aliphatic rings. The van der Waals surface area contributed by atoms with Crippen molar-refractivity contribution in [3.05, 3.63) is 69.7 Å². The van der Waals surface area contributed by atoms with Crippen LogP contribution in [-0.4, -0.2) is 34.4 Å². The second-order valence-corrected chi connectivity index (χ2v) is 7.79. The highest BCUT2D eigenvalue weighted by atomic mass is 35.5. The number of benzene rings is 2. The van der Waals surface area contributed by atoms with Crippen LogP contribution in [0.5, 0.6) is 0 Å². The number of amides is 3. The maximum Gasteiger partial charge on any atom is 0.330 e. The van der Waals surface area contributed by atoms with Gasteiger partial charge in [0.25, 0.3) is 5.91 Å². The molecule has 0 saturated carbocycles. The van der Waals surface area contributed by atoms with E-state index in [0.29, 0.717) is 5.56 Å². The molecule has 9 heteroatoms. The van der Waals surface area contributed by atoms with Crippen molar-refractivity contribution >= 4 is 35.1 Å². The summed E-state index contributed by atoms with van der Waals surface area (Å²) >= 11 is 5.71. The lowest BCUT2D eigenvalue weighted by Gasteiger charge is -2.29. The SMILES string of the molecule is [2H]C(CC(=O)C(F)(F)c1ccc(Cl)cc1)c1ccc2c(c1)CN(C1C(=O)N([2H])C(=O)C([2H])C1[2H])C2=O. The first kappa shape index (κ1) is 17.4. The summed E-state index contributed by atoms with van der Waals surface area (Å²) in [5.41, 5.74) is 0.119. The first-order valence-electron chi connectivity index (χ1n) is 11.8. The van der Waals surface area contributed by atoms with E-state index in [2.05, 4.69) is 0 Å². The van der Waals surface area contributed by atoms with E-state index in [1.165, 1.54) is 30.3 Å². The molecule has 0 aliphatic carbocycles. The molecular weight excluding hydrogens is 442 g/mol. The summed E-state index contributed by atoms with van der Waals surface area (Å²) in [6.07, 6.45) is -5.49. The number of ketones is 1. The fourth-order valence-corrected chi connectivity index (χ4v) is 3.70. The van der Waals surface area contributed by atoms with E-state index in [1.54, 1.807) is 0 Å². The van der Waals surface area contributed by atoms with E-state index in [4.69, 9.17) is 17.1 Å². The van der Waals surface area contributed by atoms with Gasteiger partial charge in [0.1, 0.15) is 6.04 Å². The molecule has 1 saturated heterocycles. The van der Waals surface area contributed by atoms with Crippen molar-refractivity contribution in [1.29, 1.82) is 0 Å². The van der Waals surface area contributed by atoms with Crippen molar-refractivity contribution in [1.82, 2.24) is 10.2 Å². The molecule has 32 heavy (non-hydrogen) atoms. The molecule has 0 spiro atoms. The van der Waals surface area contributed by atoms with Crippen LogP contribution in [0.3, 0.4) is 0 Å². The molecule has 2 aliphatic heterocycles. The molecule has 4 rings (SSSR count). The van der Waals surface area contributed by atoms with Gasteiger partial charge in [0.15, 0.2) is 1.41 Å². The van der Waals surface area contributed by atoms with Crippen LogP contribution in [0.2, 0.25) is 6.43 Å². The predicted molar refractivity (Wildman–Crippen MR) is 111 cm³/mol. The van der Waals surface area contributed by atoms with Crippen molar-refractivity contribution in [2.45, 2.75) is 44.1 Å². The maximum absolute atomic E-state index is 14.6. The van der Waals surface area contributed by atoms with Crippen molar-refractivity contribution in [3.8, 4) is 0 Å². The summed E-state index contributed by atoms with van der Waals surface area (Å²) in [4.78, 5) is 50.5. The highest BCUT2D eigenvalue weighted by Gasteiger charge is 2.41. The lowest BCUT2D eigenvalue weighted by Crippen LogP contribution is -2.52. The Morgan fingerprint density at radius 3 is 2.69 bits per heavy atom. The van der Waals surface area contributed by atoms with Gasteiger partial charge in [-0.2, -0.15) is 8.78 Å². The minimum Gasteiger partial charge on any atom is -0.322 e. The molecule has 0 radical (unpaired) electrons. The summed E-state index contributed by atoms with van der Waals surface area (Å²) in [6, 6.07) is 7.09. The quantitative estimate of drug-likeness (QED) is 0.664. The van der Waals surface area contributed by atoms with Gasteiger partial charge in [0.05, 0.1) is 0 Å². The van der Waals surface area contributed by atoms with Crippen LogP contribution in [0, 0.1) is 0 Å². The van der Waals surface area contributed by atoms with Gasteiger partial charge in [-0.25, -0.2) is 0 Å². The predicted octanol–water partition coefficient (Wildman–Crippen LogP) is 3.39. The summed E-state index contributed by atoms with van der Waals surface area (Å²) < 4.78 is 61.0. The van der Waals surface area contributed by atoms with Crippen LogP contribution >= 0.6 is 11.6 Å². The number of nitrogens with one attached hydrogen (secondary N) is 1.